The number of hydrogen-bond acceptors (Lipinski definition) is 3. The van der Waals surface area contributed by atoms with Crippen molar-refractivity contribution in [1.82, 2.24) is 0 Å². The third kappa shape index (κ3) is 5.63. The lowest BCUT2D eigenvalue weighted by molar-refractivity contribution is 0.0721. The zero-order valence-electron chi connectivity index (χ0n) is 19.9. The molecule has 4 rings (SSSR count). The average Bonchev–Trinajstić information content (AvgIpc) is 2.86. The van der Waals surface area contributed by atoms with Gasteiger partial charge in [-0.25, -0.2) is 9.18 Å². The highest BCUT2D eigenvalue weighted by Gasteiger charge is 2.35. The van der Waals surface area contributed by atoms with Crippen LogP contribution in [0.2, 0.25) is 0 Å². The van der Waals surface area contributed by atoms with Crippen molar-refractivity contribution in [2.24, 2.45) is 17.8 Å². The maximum absolute atomic E-state index is 14.9. The topological polar surface area (TPSA) is 35.5 Å². The lowest BCUT2D eigenvalue weighted by Crippen LogP contribution is -2.30. The average molecular weight is 485 g/mol. The molecule has 2 aliphatic rings. The quantitative estimate of drug-likeness (QED) is 0.229. The summed E-state index contributed by atoms with van der Waals surface area (Å²) in [6, 6.07) is 6.73. The van der Waals surface area contributed by atoms with Crippen molar-refractivity contribution < 1.29 is 27.4 Å². The maximum atomic E-state index is 14.9. The van der Waals surface area contributed by atoms with Gasteiger partial charge in [-0.1, -0.05) is 30.9 Å². The van der Waals surface area contributed by atoms with Crippen molar-refractivity contribution in [2.75, 3.05) is 6.61 Å². The zero-order chi connectivity index (χ0) is 24.9. The second-order valence-corrected chi connectivity index (χ2v) is 9.55. The van der Waals surface area contributed by atoms with Crippen molar-refractivity contribution in [2.45, 2.75) is 51.4 Å². The Morgan fingerprint density at radius 1 is 1.00 bits per heavy atom. The van der Waals surface area contributed by atoms with Crippen molar-refractivity contribution in [3.05, 3.63) is 83.7 Å². The molecule has 0 saturated heterocycles. The van der Waals surface area contributed by atoms with Crippen LogP contribution in [0, 0.1) is 35.2 Å². The Morgan fingerprint density at radius 2 is 1.71 bits per heavy atom. The summed E-state index contributed by atoms with van der Waals surface area (Å²) in [5, 5.41) is 0. The number of esters is 1. The van der Waals surface area contributed by atoms with Gasteiger partial charge in [0.05, 0.1) is 5.56 Å². The fourth-order valence-corrected chi connectivity index (χ4v) is 5.63. The molecule has 2 aliphatic carbocycles. The Kier molecular flexibility index (Phi) is 7.99. The summed E-state index contributed by atoms with van der Waals surface area (Å²) in [4.78, 5) is 12.5. The van der Waals surface area contributed by atoms with Crippen LogP contribution >= 0.6 is 0 Å². The molecular formula is C29H31F3O3. The summed E-state index contributed by atoms with van der Waals surface area (Å²) in [6.07, 6.45) is 12.6. The van der Waals surface area contributed by atoms with Crippen LogP contribution in [-0.2, 0) is 0 Å². The number of benzene rings is 2. The van der Waals surface area contributed by atoms with E-state index in [1.807, 2.05) is 0 Å². The summed E-state index contributed by atoms with van der Waals surface area (Å²) in [5.74, 6) is -3.13. The molecular weight excluding hydrogens is 453 g/mol. The summed E-state index contributed by atoms with van der Waals surface area (Å²) >= 11 is 0. The first-order valence-electron chi connectivity index (χ1n) is 12.3. The number of rotatable bonds is 7. The normalized spacial score (nSPS) is 24.1. The zero-order valence-corrected chi connectivity index (χ0v) is 19.9. The minimum Gasteiger partial charge on any atom is -0.486 e. The van der Waals surface area contributed by atoms with E-state index in [9.17, 15) is 18.0 Å². The van der Waals surface area contributed by atoms with Gasteiger partial charge in [0.2, 0.25) is 11.6 Å². The lowest BCUT2D eigenvalue weighted by atomic mass is 9.64. The first kappa shape index (κ1) is 25.1. The number of allylic oxidation sites excluding steroid dienone is 2. The highest BCUT2D eigenvalue weighted by atomic mass is 19.2. The molecule has 35 heavy (non-hydrogen) atoms. The van der Waals surface area contributed by atoms with Crippen LogP contribution in [0.3, 0.4) is 0 Å². The van der Waals surface area contributed by atoms with Gasteiger partial charge >= 0.3 is 5.97 Å². The fourth-order valence-electron chi connectivity index (χ4n) is 5.63. The van der Waals surface area contributed by atoms with Crippen LogP contribution < -0.4 is 9.47 Å². The van der Waals surface area contributed by atoms with E-state index < -0.39 is 29.2 Å². The van der Waals surface area contributed by atoms with Crippen LogP contribution in [0.5, 0.6) is 11.5 Å². The van der Waals surface area contributed by atoms with Gasteiger partial charge in [0.1, 0.15) is 12.4 Å². The summed E-state index contributed by atoms with van der Waals surface area (Å²) < 4.78 is 53.4. The molecule has 0 amide bonds. The minimum atomic E-state index is -1.38. The van der Waals surface area contributed by atoms with Gasteiger partial charge in [-0.05, 0) is 98.9 Å². The monoisotopic (exact) mass is 484 g/mol. The molecule has 6 heteroatoms. The molecule has 0 aromatic heterocycles. The summed E-state index contributed by atoms with van der Waals surface area (Å²) in [5.41, 5.74) is 0.551. The number of carbonyl (C=O) groups excluding carboxylic acids is 1. The summed E-state index contributed by atoms with van der Waals surface area (Å²) in [6.45, 7) is 5.50. The van der Waals surface area contributed by atoms with E-state index >= 15 is 0 Å². The third-order valence-corrected chi connectivity index (χ3v) is 7.37. The lowest BCUT2D eigenvalue weighted by Gasteiger charge is -2.41. The fraction of sp³-hybridized carbons (Fsp3) is 0.414. The molecule has 186 valence electrons. The van der Waals surface area contributed by atoms with E-state index in [2.05, 4.69) is 25.7 Å². The molecule has 0 radical (unpaired) electrons. The van der Waals surface area contributed by atoms with E-state index in [0.29, 0.717) is 11.8 Å². The van der Waals surface area contributed by atoms with Crippen LogP contribution in [0.15, 0.2) is 55.1 Å². The van der Waals surface area contributed by atoms with Gasteiger partial charge in [-0.2, -0.15) is 8.78 Å². The van der Waals surface area contributed by atoms with E-state index in [-0.39, 0.29) is 23.8 Å². The maximum Gasteiger partial charge on any atom is 0.346 e. The minimum absolute atomic E-state index is 0.00777. The highest BCUT2D eigenvalue weighted by Crippen LogP contribution is 2.48. The van der Waals surface area contributed by atoms with Crippen LogP contribution in [0.1, 0.15) is 67.3 Å². The van der Waals surface area contributed by atoms with Crippen molar-refractivity contribution in [3.63, 3.8) is 0 Å². The standard InChI is InChI=1S/C29H31F3O3/c1-3-5-18-6-7-20-16-21(9-8-19(20)15-18)22-10-11-23(24(30)17-22)29(33)35-26-13-12-25(34-14-4-2)27(31)28(26)32/h3-5,10-13,17-21H,2,6-9,14-16H2,1H3/b5-3+. The van der Waals surface area contributed by atoms with Gasteiger partial charge in [-0.15, -0.1) is 0 Å². The third-order valence-electron chi connectivity index (χ3n) is 7.37. The number of fused-ring (bicyclic) bond motifs is 1. The van der Waals surface area contributed by atoms with E-state index in [4.69, 9.17) is 9.47 Å². The molecule has 2 aromatic carbocycles. The number of carbonyl (C=O) groups is 1. The molecule has 0 N–H and O–H groups in total. The molecule has 0 spiro atoms. The smallest absolute Gasteiger partial charge is 0.346 e. The number of ether oxygens (including phenoxy) is 2. The predicted molar refractivity (Wildman–Crippen MR) is 129 cm³/mol. The first-order chi connectivity index (χ1) is 16.9. The predicted octanol–water partition coefficient (Wildman–Crippen LogP) is 7.76. The molecule has 2 fully saturated rings. The van der Waals surface area contributed by atoms with Gasteiger partial charge < -0.3 is 9.47 Å². The van der Waals surface area contributed by atoms with E-state index in [1.165, 1.54) is 37.5 Å². The van der Waals surface area contributed by atoms with Crippen LogP contribution in [0.25, 0.3) is 0 Å². The molecule has 3 nitrogen and oxygen atoms in total. The van der Waals surface area contributed by atoms with Gasteiger partial charge in [0.15, 0.2) is 11.5 Å². The number of halogens is 3. The highest BCUT2D eigenvalue weighted by molar-refractivity contribution is 5.91. The van der Waals surface area contributed by atoms with Crippen molar-refractivity contribution >= 4 is 5.97 Å². The van der Waals surface area contributed by atoms with Gasteiger partial charge in [0.25, 0.3) is 0 Å². The molecule has 0 bridgehead atoms. The van der Waals surface area contributed by atoms with Crippen molar-refractivity contribution in [3.8, 4) is 11.5 Å². The first-order valence-corrected chi connectivity index (χ1v) is 12.3. The largest absolute Gasteiger partial charge is 0.486 e. The Bertz CT molecular complexity index is 1110. The van der Waals surface area contributed by atoms with E-state index in [1.54, 1.807) is 6.07 Å². The van der Waals surface area contributed by atoms with Gasteiger partial charge in [0, 0.05) is 0 Å². The molecule has 4 unspecified atom stereocenters. The molecule has 2 aromatic rings. The molecule has 4 atom stereocenters. The van der Waals surface area contributed by atoms with Crippen LogP contribution in [-0.4, -0.2) is 12.6 Å². The van der Waals surface area contributed by atoms with Crippen LogP contribution in [0.4, 0.5) is 13.2 Å². The van der Waals surface area contributed by atoms with Gasteiger partial charge in [-0.3, -0.25) is 0 Å². The van der Waals surface area contributed by atoms with Crippen molar-refractivity contribution in [1.29, 1.82) is 0 Å². The molecule has 2 saturated carbocycles. The Labute approximate surface area is 204 Å². The number of hydrogen-bond donors (Lipinski definition) is 0. The summed E-state index contributed by atoms with van der Waals surface area (Å²) in [7, 11) is 0. The Balaban J connectivity index is 1.42. The second kappa shape index (κ2) is 11.1. The molecule has 0 aliphatic heterocycles. The molecule has 0 heterocycles. The van der Waals surface area contributed by atoms with E-state index in [0.717, 1.165) is 42.9 Å². The Hall–Kier alpha value is -3.02. The second-order valence-electron chi connectivity index (χ2n) is 9.55. The SMILES string of the molecule is C=CCOc1ccc(OC(=O)c2ccc(C3CCC4CC(/C=C/C)CCC4C3)cc2F)c(F)c1F. The Morgan fingerprint density at radius 3 is 2.46 bits per heavy atom.